The summed E-state index contributed by atoms with van der Waals surface area (Å²) < 4.78 is 50.2. The molecule has 1 saturated heterocycles. The predicted octanol–water partition coefficient (Wildman–Crippen LogP) is 2.64. The summed E-state index contributed by atoms with van der Waals surface area (Å²) in [5.74, 6) is -1.53. The first-order valence-electron chi connectivity index (χ1n) is 5.48. The molecule has 0 radical (unpaired) electrons. The van der Waals surface area contributed by atoms with E-state index in [0.29, 0.717) is 12.1 Å². The Balaban J connectivity index is 2.15. The van der Waals surface area contributed by atoms with Crippen LogP contribution >= 0.6 is 0 Å². The van der Waals surface area contributed by atoms with Gasteiger partial charge in [0.15, 0.2) is 5.78 Å². The zero-order chi connectivity index (χ0) is 13.3. The molecule has 0 spiro atoms. The lowest BCUT2D eigenvalue weighted by Gasteiger charge is -2.26. The molecule has 1 aromatic rings. The van der Waals surface area contributed by atoms with Crippen molar-refractivity contribution in [3.05, 3.63) is 35.1 Å². The second-order valence-electron chi connectivity index (χ2n) is 4.34. The number of ketones is 1. The van der Waals surface area contributed by atoms with Gasteiger partial charge >= 0.3 is 6.18 Å². The molecule has 1 N–H and O–H groups in total. The van der Waals surface area contributed by atoms with Crippen LogP contribution < -0.4 is 5.32 Å². The van der Waals surface area contributed by atoms with Gasteiger partial charge < -0.3 is 5.32 Å². The van der Waals surface area contributed by atoms with E-state index in [-0.39, 0.29) is 23.7 Å². The Morgan fingerprint density at radius 3 is 2.44 bits per heavy atom. The summed E-state index contributed by atoms with van der Waals surface area (Å²) in [6, 6.07) is 2.30. The van der Waals surface area contributed by atoms with Crippen molar-refractivity contribution in [3.63, 3.8) is 0 Å². The Morgan fingerprint density at radius 2 is 2.00 bits per heavy atom. The highest BCUT2D eigenvalue weighted by atomic mass is 19.4. The molecule has 18 heavy (non-hydrogen) atoms. The number of halogens is 4. The van der Waals surface area contributed by atoms with Gasteiger partial charge in [-0.2, -0.15) is 13.2 Å². The highest BCUT2D eigenvalue weighted by molar-refractivity contribution is 5.96. The molecule has 0 amide bonds. The number of alkyl halides is 3. The lowest BCUT2D eigenvalue weighted by atomic mass is 9.93. The lowest BCUT2D eigenvalue weighted by Crippen LogP contribution is -2.42. The van der Waals surface area contributed by atoms with E-state index in [9.17, 15) is 22.4 Å². The van der Waals surface area contributed by atoms with E-state index in [4.69, 9.17) is 0 Å². The van der Waals surface area contributed by atoms with Crippen LogP contribution in [0.25, 0.3) is 0 Å². The van der Waals surface area contributed by atoms with Gasteiger partial charge in [0, 0.05) is 12.0 Å². The van der Waals surface area contributed by atoms with Gasteiger partial charge in [0.2, 0.25) is 0 Å². The summed E-state index contributed by atoms with van der Waals surface area (Å²) in [6.07, 6.45) is -4.50. The Bertz CT molecular complexity index is 466. The summed E-state index contributed by atoms with van der Waals surface area (Å²) >= 11 is 0. The first-order chi connectivity index (χ1) is 8.38. The first kappa shape index (κ1) is 13.0. The van der Waals surface area contributed by atoms with Crippen LogP contribution in [0, 0.1) is 11.7 Å². The molecule has 1 fully saturated rings. The lowest BCUT2D eigenvalue weighted by molar-refractivity contribution is -0.140. The molecule has 6 heteroatoms. The molecule has 2 rings (SSSR count). The monoisotopic (exact) mass is 261 g/mol. The Morgan fingerprint density at radius 1 is 1.33 bits per heavy atom. The van der Waals surface area contributed by atoms with Crippen LogP contribution in [0.5, 0.6) is 0 Å². The quantitative estimate of drug-likeness (QED) is 0.669. The molecule has 1 aromatic carbocycles. The van der Waals surface area contributed by atoms with Gasteiger partial charge in [0.05, 0.1) is 5.56 Å². The van der Waals surface area contributed by atoms with Crippen LogP contribution in [0.1, 0.15) is 22.3 Å². The minimum absolute atomic E-state index is 0.00704. The number of hydrogen-bond acceptors (Lipinski definition) is 2. The zero-order valence-corrected chi connectivity index (χ0v) is 9.35. The highest BCUT2D eigenvalue weighted by Gasteiger charge is 2.34. The molecule has 0 aromatic heterocycles. The zero-order valence-electron chi connectivity index (χ0n) is 9.35. The van der Waals surface area contributed by atoms with Crippen LogP contribution in [-0.4, -0.2) is 18.9 Å². The van der Waals surface area contributed by atoms with E-state index >= 15 is 0 Å². The van der Waals surface area contributed by atoms with Crippen molar-refractivity contribution < 1.29 is 22.4 Å². The van der Waals surface area contributed by atoms with Crippen molar-refractivity contribution in [2.24, 2.45) is 5.92 Å². The molecule has 0 bridgehead atoms. The topological polar surface area (TPSA) is 29.1 Å². The molecule has 0 saturated carbocycles. The Kier molecular flexibility index (Phi) is 3.38. The minimum atomic E-state index is -4.73. The van der Waals surface area contributed by atoms with Gasteiger partial charge in [-0.1, -0.05) is 6.07 Å². The molecule has 1 heterocycles. The van der Waals surface area contributed by atoms with Crippen molar-refractivity contribution >= 4 is 5.78 Å². The number of hydrogen-bond donors (Lipinski definition) is 1. The fourth-order valence-corrected chi connectivity index (χ4v) is 1.79. The van der Waals surface area contributed by atoms with Crippen LogP contribution in [-0.2, 0) is 6.18 Å². The maximum absolute atomic E-state index is 13.3. The number of carbonyl (C=O) groups excluding carboxylic acids is 1. The number of nitrogens with one attached hydrogen (secondary N) is 1. The van der Waals surface area contributed by atoms with Crippen LogP contribution in [0.3, 0.4) is 0 Å². The third kappa shape index (κ3) is 2.69. The molecule has 1 aliphatic heterocycles. The van der Waals surface area contributed by atoms with Crippen LogP contribution in [0.15, 0.2) is 18.2 Å². The van der Waals surface area contributed by atoms with Crippen LogP contribution in [0.2, 0.25) is 0 Å². The Labute approximate surface area is 101 Å². The second-order valence-corrected chi connectivity index (χ2v) is 4.34. The number of benzene rings is 1. The molecule has 1 aliphatic rings. The molecule has 0 atom stereocenters. The maximum Gasteiger partial charge on any atom is 0.419 e. The third-order valence-corrected chi connectivity index (χ3v) is 2.94. The van der Waals surface area contributed by atoms with Gasteiger partial charge in [-0.3, -0.25) is 4.79 Å². The summed E-state index contributed by atoms with van der Waals surface area (Å²) in [6.45, 7) is 1.43. The van der Waals surface area contributed by atoms with E-state index in [0.717, 1.165) is 19.2 Å². The minimum Gasteiger partial charge on any atom is -0.316 e. The second kappa shape index (κ2) is 4.68. The average molecular weight is 261 g/mol. The summed E-state index contributed by atoms with van der Waals surface area (Å²) in [5.41, 5.74) is -1.35. The standard InChI is InChI=1S/C12H11F4NO/c13-10-4-8(1-2-9(10)12(14,15)16)11(18)3-7-5-17-6-7/h1-2,4,7,17H,3,5-6H2. The molecular formula is C12H11F4NO. The van der Waals surface area contributed by atoms with Gasteiger partial charge in [0.25, 0.3) is 0 Å². The largest absolute Gasteiger partial charge is 0.419 e. The van der Waals surface area contributed by atoms with Crippen molar-refractivity contribution in [2.75, 3.05) is 13.1 Å². The van der Waals surface area contributed by atoms with E-state index < -0.39 is 17.6 Å². The molecule has 0 aliphatic carbocycles. The SMILES string of the molecule is O=C(CC1CNC1)c1ccc(C(F)(F)F)c(F)c1. The third-order valence-electron chi connectivity index (χ3n) is 2.94. The number of rotatable bonds is 3. The predicted molar refractivity (Wildman–Crippen MR) is 56.7 cm³/mol. The fourth-order valence-electron chi connectivity index (χ4n) is 1.79. The number of carbonyl (C=O) groups is 1. The number of Topliss-reactive ketones (excluding diaryl/α,β-unsaturated/α-hetero) is 1. The van der Waals surface area contributed by atoms with Crippen molar-refractivity contribution in [3.8, 4) is 0 Å². The van der Waals surface area contributed by atoms with E-state index in [2.05, 4.69) is 5.32 Å². The maximum atomic E-state index is 13.3. The summed E-state index contributed by atoms with van der Waals surface area (Å²) in [4.78, 5) is 11.7. The van der Waals surface area contributed by atoms with Gasteiger partial charge in [-0.05, 0) is 31.1 Å². The van der Waals surface area contributed by atoms with Gasteiger partial charge in [-0.15, -0.1) is 0 Å². The highest BCUT2D eigenvalue weighted by Crippen LogP contribution is 2.31. The normalized spacial score (nSPS) is 16.4. The van der Waals surface area contributed by atoms with Gasteiger partial charge in [0.1, 0.15) is 5.82 Å². The summed E-state index contributed by atoms with van der Waals surface area (Å²) in [5, 5.41) is 2.98. The van der Waals surface area contributed by atoms with E-state index in [1.54, 1.807) is 0 Å². The van der Waals surface area contributed by atoms with Crippen LogP contribution in [0.4, 0.5) is 17.6 Å². The molecular weight excluding hydrogens is 250 g/mol. The molecule has 98 valence electrons. The van der Waals surface area contributed by atoms with Gasteiger partial charge in [-0.25, -0.2) is 4.39 Å². The average Bonchev–Trinajstić information content (AvgIpc) is 2.21. The van der Waals surface area contributed by atoms with E-state index in [1.807, 2.05) is 0 Å². The van der Waals surface area contributed by atoms with Crippen molar-refractivity contribution in [1.29, 1.82) is 0 Å². The fraction of sp³-hybridized carbons (Fsp3) is 0.417. The molecule has 2 nitrogen and oxygen atoms in total. The Hall–Kier alpha value is -1.43. The first-order valence-corrected chi connectivity index (χ1v) is 5.48. The summed E-state index contributed by atoms with van der Waals surface area (Å²) in [7, 11) is 0. The van der Waals surface area contributed by atoms with E-state index in [1.165, 1.54) is 0 Å². The molecule has 0 unspecified atom stereocenters. The van der Waals surface area contributed by atoms with Crippen molar-refractivity contribution in [1.82, 2.24) is 5.32 Å². The smallest absolute Gasteiger partial charge is 0.316 e. The van der Waals surface area contributed by atoms with Crippen molar-refractivity contribution in [2.45, 2.75) is 12.6 Å².